The third-order valence-electron chi connectivity index (χ3n) is 7.60. The first-order valence-corrected chi connectivity index (χ1v) is 11.3. The molecule has 0 bridgehead atoms. The standard InChI is InChI=1S/C23H33N3O2/c27-22(19-6-12-24-13-7-19)25-14-8-20(9-15-25)26-16-21(28-17-18-4-5-18)23(26)10-2-1-3-11-23/h6-7,12-13,18,20-21H,1-5,8-11,14-17H2. The lowest BCUT2D eigenvalue weighted by atomic mass is 9.69. The van der Waals surface area contributed by atoms with Crippen LogP contribution in [0.15, 0.2) is 24.5 Å². The van der Waals surface area contributed by atoms with E-state index in [0.29, 0.717) is 17.7 Å². The third kappa shape index (κ3) is 3.48. The molecular formula is C23H33N3O2. The van der Waals surface area contributed by atoms with Crippen LogP contribution < -0.4 is 0 Å². The van der Waals surface area contributed by atoms with Gasteiger partial charge in [0.15, 0.2) is 0 Å². The molecular weight excluding hydrogens is 350 g/mol. The molecule has 2 aliphatic heterocycles. The van der Waals surface area contributed by atoms with E-state index >= 15 is 0 Å². The summed E-state index contributed by atoms with van der Waals surface area (Å²) in [6, 6.07) is 4.26. The summed E-state index contributed by atoms with van der Waals surface area (Å²) < 4.78 is 6.42. The maximum atomic E-state index is 12.7. The zero-order chi connectivity index (χ0) is 19.0. The molecule has 4 aliphatic rings. The van der Waals surface area contributed by atoms with Crippen LogP contribution in [0.1, 0.15) is 68.1 Å². The number of pyridine rings is 1. The molecule has 0 N–H and O–H groups in total. The fourth-order valence-corrected chi connectivity index (χ4v) is 5.69. The first-order valence-electron chi connectivity index (χ1n) is 11.3. The lowest BCUT2D eigenvalue weighted by Crippen LogP contribution is -2.75. The van der Waals surface area contributed by atoms with E-state index in [1.165, 1.54) is 44.9 Å². The van der Waals surface area contributed by atoms with E-state index in [2.05, 4.69) is 9.88 Å². The average molecular weight is 384 g/mol. The van der Waals surface area contributed by atoms with Crippen molar-refractivity contribution in [3.8, 4) is 0 Å². The Hall–Kier alpha value is -1.46. The van der Waals surface area contributed by atoms with Crippen molar-refractivity contribution in [3.05, 3.63) is 30.1 Å². The van der Waals surface area contributed by atoms with Crippen LogP contribution in [0.2, 0.25) is 0 Å². The summed E-state index contributed by atoms with van der Waals surface area (Å²) in [6.07, 6.45) is 15.5. The molecule has 152 valence electrons. The van der Waals surface area contributed by atoms with Gasteiger partial charge < -0.3 is 9.64 Å². The van der Waals surface area contributed by atoms with E-state index in [1.54, 1.807) is 12.4 Å². The number of hydrogen-bond donors (Lipinski definition) is 0. The summed E-state index contributed by atoms with van der Waals surface area (Å²) in [5.74, 6) is 1.000. The molecule has 5 rings (SSSR count). The van der Waals surface area contributed by atoms with Crippen LogP contribution in [0.5, 0.6) is 0 Å². The van der Waals surface area contributed by atoms with Gasteiger partial charge in [-0.3, -0.25) is 14.7 Å². The minimum atomic E-state index is 0.155. The van der Waals surface area contributed by atoms with Crippen molar-refractivity contribution in [1.82, 2.24) is 14.8 Å². The van der Waals surface area contributed by atoms with Crippen LogP contribution >= 0.6 is 0 Å². The highest BCUT2D eigenvalue weighted by molar-refractivity contribution is 5.94. The number of ether oxygens (including phenoxy) is 1. The highest BCUT2D eigenvalue weighted by atomic mass is 16.5. The number of nitrogens with zero attached hydrogens (tertiary/aromatic N) is 3. The number of piperidine rings is 1. The molecule has 1 amide bonds. The number of carbonyl (C=O) groups excluding carboxylic acids is 1. The Labute approximate surface area is 168 Å². The molecule has 1 atom stereocenters. The lowest BCUT2D eigenvalue weighted by Gasteiger charge is -2.63. The monoisotopic (exact) mass is 383 g/mol. The molecule has 2 saturated heterocycles. The fourth-order valence-electron chi connectivity index (χ4n) is 5.69. The highest BCUT2D eigenvalue weighted by Crippen LogP contribution is 2.48. The number of aromatic nitrogens is 1. The van der Waals surface area contributed by atoms with Gasteiger partial charge in [-0.2, -0.15) is 0 Å². The van der Waals surface area contributed by atoms with E-state index in [4.69, 9.17) is 4.74 Å². The Morgan fingerprint density at radius 2 is 1.79 bits per heavy atom. The Balaban J connectivity index is 1.20. The van der Waals surface area contributed by atoms with Crippen molar-refractivity contribution in [2.24, 2.45) is 5.92 Å². The second kappa shape index (κ2) is 7.75. The molecule has 5 nitrogen and oxygen atoms in total. The normalized spacial score (nSPS) is 28.3. The number of amides is 1. The first kappa shape index (κ1) is 18.6. The molecule has 5 heteroatoms. The molecule has 4 fully saturated rings. The van der Waals surface area contributed by atoms with Gasteiger partial charge in [0.2, 0.25) is 0 Å². The van der Waals surface area contributed by atoms with Crippen LogP contribution in [0.3, 0.4) is 0 Å². The largest absolute Gasteiger partial charge is 0.375 e. The van der Waals surface area contributed by atoms with Crippen LogP contribution in [0.25, 0.3) is 0 Å². The van der Waals surface area contributed by atoms with Crippen molar-refractivity contribution < 1.29 is 9.53 Å². The van der Waals surface area contributed by atoms with Gasteiger partial charge in [-0.25, -0.2) is 0 Å². The van der Waals surface area contributed by atoms with E-state index in [-0.39, 0.29) is 5.91 Å². The van der Waals surface area contributed by atoms with Gasteiger partial charge in [0.05, 0.1) is 6.10 Å². The van der Waals surface area contributed by atoms with Crippen LogP contribution in [0, 0.1) is 5.92 Å². The van der Waals surface area contributed by atoms with Crippen LogP contribution in [-0.4, -0.2) is 64.6 Å². The fraction of sp³-hybridized carbons (Fsp3) is 0.739. The molecule has 1 aromatic heterocycles. The van der Waals surface area contributed by atoms with Crippen LogP contribution in [-0.2, 0) is 4.74 Å². The van der Waals surface area contributed by atoms with Gasteiger partial charge in [0.25, 0.3) is 5.91 Å². The molecule has 1 unspecified atom stereocenters. The lowest BCUT2D eigenvalue weighted by molar-refractivity contribution is -0.202. The van der Waals surface area contributed by atoms with Crippen molar-refractivity contribution >= 4 is 5.91 Å². The zero-order valence-corrected chi connectivity index (χ0v) is 16.9. The van der Waals surface area contributed by atoms with E-state index < -0.39 is 0 Å². The van der Waals surface area contributed by atoms with E-state index in [9.17, 15) is 4.79 Å². The third-order valence-corrected chi connectivity index (χ3v) is 7.60. The molecule has 28 heavy (non-hydrogen) atoms. The quantitative estimate of drug-likeness (QED) is 0.781. The van der Waals surface area contributed by atoms with Crippen molar-refractivity contribution in [3.63, 3.8) is 0 Å². The topological polar surface area (TPSA) is 45.7 Å². The maximum Gasteiger partial charge on any atom is 0.253 e. The van der Waals surface area contributed by atoms with Crippen molar-refractivity contribution in [2.75, 3.05) is 26.2 Å². The van der Waals surface area contributed by atoms with Crippen molar-refractivity contribution in [1.29, 1.82) is 0 Å². The number of rotatable bonds is 5. The smallest absolute Gasteiger partial charge is 0.253 e. The zero-order valence-electron chi connectivity index (χ0n) is 16.9. The van der Waals surface area contributed by atoms with Gasteiger partial charge in [0, 0.05) is 55.8 Å². The molecule has 2 aliphatic carbocycles. The minimum Gasteiger partial charge on any atom is -0.375 e. The molecule has 2 saturated carbocycles. The number of hydrogen-bond acceptors (Lipinski definition) is 4. The average Bonchev–Trinajstić information content (AvgIpc) is 3.58. The number of carbonyl (C=O) groups is 1. The second-order valence-electron chi connectivity index (χ2n) is 9.34. The van der Waals surface area contributed by atoms with Gasteiger partial charge in [-0.15, -0.1) is 0 Å². The Kier molecular flexibility index (Phi) is 5.14. The van der Waals surface area contributed by atoms with Crippen LogP contribution in [0.4, 0.5) is 0 Å². The summed E-state index contributed by atoms with van der Waals surface area (Å²) in [5.41, 5.74) is 1.06. The Bertz CT molecular complexity index is 676. The minimum absolute atomic E-state index is 0.155. The molecule has 3 heterocycles. The predicted molar refractivity (Wildman–Crippen MR) is 108 cm³/mol. The summed E-state index contributed by atoms with van der Waals surface area (Å²) in [4.78, 5) is 21.6. The molecule has 1 spiro atoms. The molecule has 0 aromatic carbocycles. The van der Waals surface area contributed by atoms with E-state index in [0.717, 1.165) is 50.6 Å². The Morgan fingerprint density at radius 1 is 1.07 bits per heavy atom. The predicted octanol–water partition coefficient (Wildman–Crippen LogP) is 3.50. The summed E-state index contributed by atoms with van der Waals surface area (Å²) >= 11 is 0. The van der Waals surface area contributed by atoms with Gasteiger partial charge in [0.1, 0.15) is 0 Å². The summed E-state index contributed by atoms with van der Waals surface area (Å²) in [6.45, 7) is 3.83. The molecule has 0 radical (unpaired) electrons. The Morgan fingerprint density at radius 3 is 2.46 bits per heavy atom. The SMILES string of the molecule is O=C(c1ccncc1)N1CCC(N2CC(OCC3CC3)C23CCCCC3)CC1. The van der Waals surface area contributed by atoms with Gasteiger partial charge in [-0.05, 0) is 56.6 Å². The van der Waals surface area contributed by atoms with Gasteiger partial charge in [-0.1, -0.05) is 19.3 Å². The first-order chi connectivity index (χ1) is 13.8. The second-order valence-corrected chi connectivity index (χ2v) is 9.34. The summed E-state index contributed by atoms with van der Waals surface area (Å²) in [7, 11) is 0. The molecule has 1 aromatic rings. The highest BCUT2D eigenvalue weighted by Gasteiger charge is 2.56. The van der Waals surface area contributed by atoms with E-state index in [1.807, 2.05) is 17.0 Å². The summed E-state index contributed by atoms with van der Waals surface area (Å²) in [5, 5.41) is 0. The van der Waals surface area contributed by atoms with Gasteiger partial charge >= 0.3 is 0 Å². The van der Waals surface area contributed by atoms with Crippen molar-refractivity contribution in [2.45, 2.75) is 75.5 Å². The number of likely N-dealkylation sites (tertiary alicyclic amines) is 2. The maximum absolute atomic E-state index is 12.7.